The lowest BCUT2D eigenvalue weighted by molar-refractivity contribution is -0.152. The second kappa shape index (κ2) is 10.4. The second-order valence-corrected chi connectivity index (χ2v) is 6.28. The lowest BCUT2D eigenvalue weighted by Crippen LogP contribution is -2.47. The number of benzene rings is 1. The van der Waals surface area contributed by atoms with Gasteiger partial charge in [-0.1, -0.05) is 19.1 Å². The predicted molar refractivity (Wildman–Crippen MR) is 98.8 cm³/mol. The van der Waals surface area contributed by atoms with Crippen LogP contribution < -0.4 is 10.6 Å². The van der Waals surface area contributed by atoms with Crippen LogP contribution in [0.25, 0.3) is 0 Å². The normalized spacial score (nSPS) is 13.1. The molecule has 0 saturated carbocycles. The van der Waals surface area contributed by atoms with Gasteiger partial charge in [-0.3, -0.25) is 24.1 Å². The number of hydrogen-bond donors (Lipinski definition) is 2. The van der Waals surface area contributed by atoms with Gasteiger partial charge in [0.15, 0.2) is 0 Å². The number of carbonyl (C=O) groups is 4. The smallest absolute Gasteiger partial charge is 0.250 e. The van der Waals surface area contributed by atoms with Gasteiger partial charge in [0.25, 0.3) is 0 Å². The van der Waals surface area contributed by atoms with Crippen molar-refractivity contribution < 1.29 is 23.9 Å². The van der Waals surface area contributed by atoms with Crippen LogP contribution in [0.15, 0.2) is 24.3 Å². The Hall–Kier alpha value is -2.74. The maximum Gasteiger partial charge on any atom is 0.250 e. The number of amides is 4. The molecule has 1 heterocycles. The highest BCUT2D eigenvalue weighted by atomic mass is 16.5. The number of likely N-dealkylation sites (tertiary alicyclic amines) is 1. The zero-order valence-corrected chi connectivity index (χ0v) is 15.5. The monoisotopic (exact) mass is 375 g/mol. The Kier molecular flexibility index (Phi) is 7.94. The number of imide groups is 1. The first-order valence-corrected chi connectivity index (χ1v) is 9.06. The van der Waals surface area contributed by atoms with E-state index in [0.29, 0.717) is 31.6 Å². The number of ether oxygens (including phenoxy) is 1. The van der Waals surface area contributed by atoms with E-state index in [0.717, 1.165) is 12.0 Å². The Morgan fingerprint density at radius 1 is 1.11 bits per heavy atom. The molecule has 0 aliphatic carbocycles. The number of nitrogens with zero attached hydrogens (tertiary/aromatic N) is 1. The molecule has 1 aromatic carbocycles. The molecule has 146 valence electrons. The first-order valence-electron chi connectivity index (χ1n) is 9.06. The number of anilines is 1. The molecule has 0 aromatic heterocycles. The lowest BCUT2D eigenvalue weighted by atomic mass is 10.1. The fourth-order valence-corrected chi connectivity index (χ4v) is 2.47. The van der Waals surface area contributed by atoms with Crippen molar-refractivity contribution in [1.82, 2.24) is 10.2 Å². The fraction of sp³-hybridized carbons (Fsp3) is 0.474. The van der Waals surface area contributed by atoms with E-state index in [-0.39, 0.29) is 43.3 Å². The second-order valence-electron chi connectivity index (χ2n) is 6.28. The summed E-state index contributed by atoms with van der Waals surface area (Å²) in [6.45, 7) is 2.69. The summed E-state index contributed by atoms with van der Waals surface area (Å²) in [5.41, 5.74) is 1.55. The fourth-order valence-electron chi connectivity index (χ4n) is 2.47. The van der Waals surface area contributed by atoms with E-state index in [9.17, 15) is 19.2 Å². The minimum atomic E-state index is -0.350. The highest BCUT2D eigenvalue weighted by molar-refractivity contribution is 5.99. The summed E-state index contributed by atoms with van der Waals surface area (Å²) in [6.07, 6.45) is 2.11. The van der Waals surface area contributed by atoms with E-state index in [4.69, 9.17) is 4.74 Å². The van der Waals surface area contributed by atoms with E-state index in [1.165, 1.54) is 4.90 Å². The van der Waals surface area contributed by atoms with E-state index in [2.05, 4.69) is 10.6 Å². The average Bonchev–Trinajstić information content (AvgIpc) is 2.64. The molecule has 1 fully saturated rings. The highest BCUT2D eigenvalue weighted by Crippen LogP contribution is 2.14. The van der Waals surface area contributed by atoms with Crippen molar-refractivity contribution in [2.75, 3.05) is 31.6 Å². The van der Waals surface area contributed by atoms with Gasteiger partial charge < -0.3 is 15.4 Å². The number of β-lactam (4-membered cyclic amide) rings is 1. The van der Waals surface area contributed by atoms with Crippen LogP contribution >= 0.6 is 0 Å². The summed E-state index contributed by atoms with van der Waals surface area (Å²) in [4.78, 5) is 47.5. The third-order valence-electron chi connectivity index (χ3n) is 4.06. The van der Waals surface area contributed by atoms with Crippen molar-refractivity contribution in [3.05, 3.63) is 29.8 Å². The van der Waals surface area contributed by atoms with Gasteiger partial charge in [0, 0.05) is 31.6 Å². The van der Waals surface area contributed by atoms with Crippen LogP contribution in [0.4, 0.5) is 5.69 Å². The maximum absolute atomic E-state index is 11.8. The van der Waals surface area contributed by atoms with Crippen LogP contribution in [0.2, 0.25) is 0 Å². The van der Waals surface area contributed by atoms with Crippen molar-refractivity contribution in [3.63, 3.8) is 0 Å². The van der Waals surface area contributed by atoms with Gasteiger partial charge in [-0.15, -0.1) is 0 Å². The molecule has 0 bridgehead atoms. The first kappa shape index (κ1) is 20.6. The molecule has 1 aliphatic heterocycles. The number of aryl methyl sites for hydroxylation is 1. The van der Waals surface area contributed by atoms with Crippen molar-refractivity contribution in [2.24, 2.45) is 0 Å². The summed E-state index contributed by atoms with van der Waals surface area (Å²) < 4.78 is 5.07. The molecular formula is C19H25N3O5. The standard InChI is InChI=1S/C19H25N3O5/c1-2-10-20-16(23)12-27-13-17(24)21-15-6-3-14(4-7-15)5-8-18(25)22-11-9-19(22)26/h3-4,6-7H,2,5,8-13H2,1H3,(H,20,23)(H,21,24). The van der Waals surface area contributed by atoms with Gasteiger partial charge in [-0.25, -0.2) is 0 Å². The number of nitrogens with one attached hydrogen (secondary N) is 2. The quantitative estimate of drug-likeness (QED) is 0.590. The Morgan fingerprint density at radius 3 is 2.41 bits per heavy atom. The molecule has 1 aromatic rings. The predicted octanol–water partition coefficient (Wildman–Crippen LogP) is 0.859. The van der Waals surface area contributed by atoms with E-state index in [1.54, 1.807) is 12.1 Å². The van der Waals surface area contributed by atoms with Crippen LogP contribution in [0.5, 0.6) is 0 Å². The van der Waals surface area contributed by atoms with Gasteiger partial charge in [0.1, 0.15) is 13.2 Å². The molecule has 0 unspecified atom stereocenters. The summed E-state index contributed by atoms with van der Waals surface area (Å²) >= 11 is 0. The number of carbonyl (C=O) groups excluding carboxylic acids is 4. The first-order chi connectivity index (χ1) is 13.0. The third-order valence-corrected chi connectivity index (χ3v) is 4.06. The number of rotatable bonds is 10. The van der Waals surface area contributed by atoms with Crippen molar-refractivity contribution in [3.8, 4) is 0 Å². The Labute approximate surface area is 158 Å². The summed E-state index contributed by atoms with van der Waals surface area (Å²) in [6, 6.07) is 7.11. The maximum atomic E-state index is 11.8. The van der Waals surface area contributed by atoms with Crippen molar-refractivity contribution in [2.45, 2.75) is 32.6 Å². The van der Waals surface area contributed by atoms with Crippen LogP contribution in [0.1, 0.15) is 31.7 Å². The SMILES string of the molecule is CCCNC(=O)COCC(=O)Nc1ccc(CCC(=O)N2CCC2=O)cc1. The molecule has 8 heteroatoms. The van der Waals surface area contributed by atoms with E-state index < -0.39 is 0 Å². The summed E-state index contributed by atoms with van der Waals surface area (Å²) in [7, 11) is 0. The van der Waals surface area contributed by atoms with Gasteiger partial charge in [-0.2, -0.15) is 0 Å². The molecule has 4 amide bonds. The largest absolute Gasteiger partial charge is 0.362 e. The summed E-state index contributed by atoms with van der Waals surface area (Å²) in [5, 5.41) is 5.33. The molecule has 2 N–H and O–H groups in total. The van der Waals surface area contributed by atoms with Crippen molar-refractivity contribution in [1.29, 1.82) is 0 Å². The lowest BCUT2D eigenvalue weighted by Gasteiger charge is -2.28. The molecule has 8 nitrogen and oxygen atoms in total. The topological polar surface area (TPSA) is 105 Å². The minimum absolute atomic E-state index is 0.108. The van der Waals surface area contributed by atoms with Gasteiger partial charge in [0.05, 0.1) is 0 Å². The van der Waals surface area contributed by atoms with E-state index in [1.807, 2.05) is 19.1 Å². The van der Waals surface area contributed by atoms with Gasteiger partial charge in [0.2, 0.25) is 23.6 Å². The molecule has 0 atom stereocenters. The number of hydrogen-bond acceptors (Lipinski definition) is 5. The molecule has 2 rings (SSSR count). The molecule has 1 saturated heterocycles. The average molecular weight is 375 g/mol. The molecule has 1 aliphatic rings. The zero-order valence-electron chi connectivity index (χ0n) is 15.5. The Morgan fingerprint density at radius 2 is 1.81 bits per heavy atom. The molecular weight excluding hydrogens is 350 g/mol. The molecule has 27 heavy (non-hydrogen) atoms. The molecule has 0 spiro atoms. The van der Waals surface area contributed by atoms with Crippen molar-refractivity contribution >= 4 is 29.3 Å². The highest BCUT2D eigenvalue weighted by Gasteiger charge is 2.29. The van der Waals surface area contributed by atoms with Gasteiger partial charge in [-0.05, 0) is 30.5 Å². The Balaban J connectivity index is 1.67. The van der Waals surface area contributed by atoms with Crippen LogP contribution in [0.3, 0.4) is 0 Å². The molecule has 0 radical (unpaired) electrons. The minimum Gasteiger partial charge on any atom is -0.362 e. The summed E-state index contributed by atoms with van der Waals surface area (Å²) in [5.74, 6) is -0.854. The van der Waals surface area contributed by atoms with E-state index >= 15 is 0 Å². The Bertz CT molecular complexity index is 687. The van der Waals surface area contributed by atoms with Gasteiger partial charge >= 0.3 is 0 Å². The van der Waals surface area contributed by atoms with Crippen LogP contribution in [0, 0.1) is 0 Å². The zero-order chi connectivity index (χ0) is 19.6. The van der Waals surface area contributed by atoms with Crippen LogP contribution in [-0.4, -0.2) is 54.8 Å². The third kappa shape index (κ3) is 6.82. The van der Waals surface area contributed by atoms with Crippen LogP contribution in [-0.2, 0) is 30.3 Å².